The minimum absolute atomic E-state index is 0.0488. The van der Waals surface area contributed by atoms with Crippen LogP contribution in [-0.4, -0.2) is 29.1 Å². The molecule has 0 aliphatic heterocycles. The van der Waals surface area contributed by atoms with E-state index in [-0.39, 0.29) is 11.6 Å². The molecule has 1 aromatic rings. The van der Waals surface area contributed by atoms with Gasteiger partial charge in [0.15, 0.2) is 0 Å². The molecule has 0 aliphatic carbocycles. The van der Waals surface area contributed by atoms with Crippen LogP contribution in [0.2, 0.25) is 0 Å². The van der Waals surface area contributed by atoms with Gasteiger partial charge in [0.05, 0.1) is 29.9 Å². The van der Waals surface area contributed by atoms with E-state index in [1.54, 1.807) is 11.9 Å². The van der Waals surface area contributed by atoms with Gasteiger partial charge in [-0.05, 0) is 13.0 Å². The Morgan fingerprint density at radius 1 is 1.75 bits per heavy atom. The SMILES string of the molecule is CC(CC#N)N(C)c1cnccc1C(=O)O. The smallest absolute Gasteiger partial charge is 0.337 e. The lowest BCUT2D eigenvalue weighted by Gasteiger charge is -2.25. The molecule has 0 radical (unpaired) electrons. The number of hydrogen-bond donors (Lipinski definition) is 1. The Morgan fingerprint density at radius 2 is 2.44 bits per heavy atom. The van der Waals surface area contributed by atoms with Crippen molar-refractivity contribution in [3.05, 3.63) is 24.0 Å². The number of carbonyl (C=O) groups is 1. The van der Waals surface area contributed by atoms with Gasteiger partial charge in [-0.3, -0.25) is 4.98 Å². The molecule has 0 bridgehead atoms. The highest BCUT2D eigenvalue weighted by molar-refractivity contribution is 5.94. The molecule has 16 heavy (non-hydrogen) atoms. The minimum Gasteiger partial charge on any atom is -0.478 e. The Bertz CT molecular complexity index is 425. The average molecular weight is 219 g/mol. The Balaban J connectivity index is 3.04. The molecule has 0 spiro atoms. The van der Waals surface area contributed by atoms with Gasteiger partial charge in [-0.2, -0.15) is 5.26 Å². The first kappa shape index (κ1) is 12.0. The first-order valence-corrected chi connectivity index (χ1v) is 4.85. The van der Waals surface area contributed by atoms with Gasteiger partial charge in [0.2, 0.25) is 0 Å². The van der Waals surface area contributed by atoms with Crippen molar-refractivity contribution in [3.8, 4) is 6.07 Å². The minimum atomic E-state index is -0.992. The lowest BCUT2D eigenvalue weighted by molar-refractivity contribution is 0.0697. The Kier molecular flexibility index (Phi) is 3.84. The van der Waals surface area contributed by atoms with E-state index in [2.05, 4.69) is 11.1 Å². The number of carboxylic acids is 1. The molecular formula is C11H13N3O2. The van der Waals surface area contributed by atoms with Gasteiger partial charge in [-0.15, -0.1) is 0 Å². The fourth-order valence-electron chi connectivity index (χ4n) is 1.35. The van der Waals surface area contributed by atoms with Crippen LogP contribution >= 0.6 is 0 Å². The first-order valence-electron chi connectivity index (χ1n) is 4.85. The van der Waals surface area contributed by atoms with Crippen molar-refractivity contribution in [1.29, 1.82) is 5.26 Å². The van der Waals surface area contributed by atoms with Crippen molar-refractivity contribution in [2.24, 2.45) is 0 Å². The number of aromatic carboxylic acids is 1. The number of aromatic nitrogens is 1. The van der Waals surface area contributed by atoms with E-state index in [0.29, 0.717) is 12.1 Å². The molecule has 0 aromatic carbocycles. The van der Waals surface area contributed by atoms with Gasteiger partial charge >= 0.3 is 5.97 Å². The third-order valence-corrected chi connectivity index (χ3v) is 2.46. The summed E-state index contributed by atoms with van der Waals surface area (Å²) in [6, 6.07) is 3.46. The molecule has 0 fully saturated rings. The summed E-state index contributed by atoms with van der Waals surface area (Å²) in [5, 5.41) is 17.6. The molecule has 0 aliphatic rings. The highest BCUT2D eigenvalue weighted by Gasteiger charge is 2.16. The van der Waals surface area contributed by atoms with Crippen LogP contribution in [0.3, 0.4) is 0 Å². The zero-order valence-corrected chi connectivity index (χ0v) is 9.21. The topological polar surface area (TPSA) is 77.2 Å². The normalized spacial score (nSPS) is 11.6. The molecule has 1 rings (SSSR count). The molecule has 1 heterocycles. The molecule has 0 saturated heterocycles. The van der Waals surface area contributed by atoms with Crippen molar-refractivity contribution in [1.82, 2.24) is 4.98 Å². The Morgan fingerprint density at radius 3 is 3.00 bits per heavy atom. The standard InChI is InChI=1S/C11H13N3O2/c1-8(3-5-12)14(2)10-7-13-6-4-9(10)11(15)16/h4,6-8H,3H2,1-2H3,(H,15,16). The van der Waals surface area contributed by atoms with E-state index in [9.17, 15) is 4.79 Å². The van der Waals surface area contributed by atoms with E-state index in [4.69, 9.17) is 10.4 Å². The summed E-state index contributed by atoms with van der Waals surface area (Å²) < 4.78 is 0. The summed E-state index contributed by atoms with van der Waals surface area (Å²) in [4.78, 5) is 16.6. The van der Waals surface area contributed by atoms with Crippen LogP contribution in [0, 0.1) is 11.3 Å². The van der Waals surface area contributed by atoms with Crippen LogP contribution in [0.5, 0.6) is 0 Å². The number of nitriles is 1. The second-order valence-electron chi connectivity index (χ2n) is 3.52. The van der Waals surface area contributed by atoms with Crippen LogP contribution < -0.4 is 4.90 Å². The number of rotatable bonds is 4. The van der Waals surface area contributed by atoms with Gasteiger partial charge in [0, 0.05) is 19.3 Å². The molecule has 5 heteroatoms. The van der Waals surface area contributed by atoms with Crippen molar-refractivity contribution < 1.29 is 9.90 Å². The summed E-state index contributed by atoms with van der Waals surface area (Å²) in [7, 11) is 1.76. The van der Waals surface area contributed by atoms with E-state index in [1.165, 1.54) is 18.5 Å². The van der Waals surface area contributed by atoms with Crippen molar-refractivity contribution in [3.63, 3.8) is 0 Å². The highest BCUT2D eigenvalue weighted by atomic mass is 16.4. The van der Waals surface area contributed by atoms with E-state index >= 15 is 0 Å². The second kappa shape index (κ2) is 5.12. The van der Waals surface area contributed by atoms with Gasteiger partial charge in [-0.25, -0.2) is 4.79 Å². The predicted octanol–water partition coefficient (Wildman–Crippen LogP) is 1.52. The molecule has 1 aromatic heterocycles. The molecular weight excluding hydrogens is 206 g/mol. The fourth-order valence-corrected chi connectivity index (χ4v) is 1.35. The maximum Gasteiger partial charge on any atom is 0.337 e. The zero-order chi connectivity index (χ0) is 12.1. The number of nitrogens with zero attached hydrogens (tertiary/aromatic N) is 3. The lowest BCUT2D eigenvalue weighted by atomic mass is 10.1. The number of hydrogen-bond acceptors (Lipinski definition) is 4. The van der Waals surface area contributed by atoms with Gasteiger partial charge < -0.3 is 10.0 Å². The third-order valence-electron chi connectivity index (χ3n) is 2.46. The van der Waals surface area contributed by atoms with E-state index in [1.807, 2.05) is 6.92 Å². The first-order chi connectivity index (χ1) is 7.57. The van der Waals surface area contributed by atoms with Crippen LogP contribution in [0.25, 0.3) is 0 Å². The molecule has 1 unspecified atom stereocenters. The van der Waals surface area contributed by atoms with Gasteiger partial charge in [-0.1, -0.05) is 0 Å². The van der Waals surface area contributed by atoms with E-state index in [0.717, 1.165) is 0 Å². The van der Waals surface area contributed by atoms with Crippen LogP contribution in [0.1, 0.15) is 23.7 Å². The van der Waals surface area contributed by atoms with Crippen molar-refractivity contribution in [2.75, 3.05) is 11.9 Å². The van der Waals surface area contributed by atoms with Gasteiger partial charge in [0.1, 0.15) is 0 Å². The molecule has 1 atom stereocenters. The van der Waals surface area contributed by atoms with Crippen LogP contribution in [0.15, 0.2) is 18.5 Å². The van der Waals surface area contributed by atoms with E-state index < -0.39 is 5.97 Å². The quantitative estimate of drug-likeness (QED) is 0.830. The Labute approximate surface area is 93.9 Å². The summed E-state index contributed by atoms with van der Waals surface area (Å²) >= 11 is 0. The molecule has 5 nitrogen and oxygen atoms in total. The maximum absolute atomic E-state index is 11.0. The summed E-state index contributed by atoms with van der Waals surface area (Å²) in [6.07, 6.45) is 3.28. The highest BCUT2D eigenvalue weighted by Crippen LogP contribution is 2.20. The maximum atomic E-state index is 11.0. The molecule has 84 valence electrons. The monoisotopic (exact) mass is 219 g/mol. The van der Waals surface area contributed by atoms with Crippen LogP contribution in [0.4, 0.5) is 5.69 Å². The average Bonchev–Trinajstić information content (AvgIpc) is 2.28. The van der Waals surface area contributed by atoms with Crippen LogP contribution in [-0.2, 0) is 0 Å². The predicted molar refractivity (Wildman–Crippen MR) is 59.3 cm³/mol. The molecule has 1 N–H and O–H groups in total. The second-order valence-corrected chi connectivity index (χ2v) is 3.52. The number of anilines is 1. The van der Waals surface area contributed by atoms with Gasteiger partial charge in [0.25, 0.3) is 0 Å². The Hall–Kier alpha value is -2.09. The number of pyridine rings is 1. The van der Waals surface area contributed by atoms with Crippen molar-refractivity contribution in [2.45, 2.75) is 19.4 Å². The number of carboxylic acid groups (broad SMARTS) is 1. The fraction of sp³-hybridized carbons (Fsp3) is 0.364. The van der Waals surface area contributed by atoms with Crippen molar-refractivity contribution >= 4 is 11.7 Å². The summed E-state index contributed by atoms with van der Waals surface area (Å²) in [5.41, 5.74) is 0.722. The zero-order valence-electron chi connectivity index (χ0n) is 9.21. The summed E-state index contributed by atoms with van der Waals surface area (Å²) in [5.74, 6) is -0.992. The third kappa shape index (κ3) is 2.48. The molecule has 0 amide bonds. The molecule has 0 saturated carbocycles. The largest absolute Gasteiger partial charge is 0.478 e. The summed E-state index contributed by atoms with van der Waals surface area (Å²) in [6.45, 7) is 1.86. The lowest BCUT2D eigenvalue weighted by Crippen LogP contribution is -2.29.